The average molecular weight is 308 g/mol. The molecule has 0 radical (unpaired) electrons. The van der Waals surface area contributed by atoms with Crippen LogP contribution in [0.2, 0.25) is 0 Å². The van der Waals surface area contributed by atoms with E-state index < -0.39 is 5.60 Å². The third-order valence-electron chi connectivity index (χ3n) is 3.51. The summed E-state index contributed by atoms with van der Waals surface area (Å²) in [4.78, 5) is 0. The van der Waals surface area contributed by atoms with E-state index >= 15 is 0 Å². The van der Waals surface area contributed by atoms with Crippen molar-refractivity contribution < 1.29 is 5.11 Å². The Labute approximate surface area is 142 Å². The van der Waals surface area contributed by atoms with E-state index in [0.29, 0.717) is 5.56 Å². The zero-order chi connectivity index (χ0) is 16.7. The molecule has 24 heavy (non-hydrogen) atoms. The molecule has 0 saturated heterocycles. The van der Waals surface area contributed by atoms with Crippen molar-refractivity contribution in [3.8, 4) is 23.7 Å². The maximum absolute atomic E-state index is 11.1. The van der Waals surface area contributed by atoms with Crippen molar-refractivity contribution in [1.29, 1.82) is 0 Å². The lowest BCUT2D eigenvalue weighted by Gasteiger charge is -2.15. The Balaban J connectivity index is 2.03. The van der Waals surface area contributed by atoms with Crippen LogP contribution in [0.4, 0.5) is 0 Å². The van der Waals surface area contributed by atoms with Crippen molar-refractivity contribution in [3.05, 3.63) is 108 Å². The molecule has 0 heterocycles. The number of rotatable bonds is 1. The van der Waals surface area contributed by atoms with Gasteiger partial charge in [0.05, 0.1) is 0 Å². The standard InChI is InChI=1S/C23H16O/c24-23(22-14-8-3-9-15-22,18-16-20-10-4-1-5-11-20)19-17-21-12-6-2-7-13-21/h1-15,24H. The van der Waals surface area contributed by atoms with Crippen molar-refractivity contribution >= 4 is 0 Å². The SMILES string of the molecule is OC(C#Cc1ccccc1)(C#Cc1ccccc1)c1ccccc1. The highest BCUT2D eigenvalue weighted by Crippen LogP contribution is 2.20. The molecule has 0 bridgehead atoms. The van der Waals surface area contributed by atoms with Crippen LogP contribution < -0.4 is 0 Å². The van der Waals surface area contributed by atoms with E-state index in [-0.39, 0.29) is 0 Å². The first kappa shape index (κ1) is 15.6. The van der Waals surface area contributed by atoms with Gasteiger partial charge in [-0.1, -0.05) is 78.6 Å². The Hall–Kier alpha value is -3.26. The molecular weight excluding hydrogens is 292 g/mol. The Kier molecular flexibility index (Phi) is 4.78. The molecule has 3 rings (SSSR count). The van der Waals surface area contributed by atoms with E-state index in [4.69, 9.17) is 0 Å². The lowest BCUT2D eigenvalue weighted by Crippen LogP contribution is -2.21. The first-order valence-electron chi connectivity index (χ1n) is 7.71. The fourth-order valence-corrected chi connectivity index (χ4v) is 2.22. The second kappa shape index (κ2) is 7.34. The van der Waals surface area contributed by atoms with Crippen LogP contribution in [0.3, 0.4) is 0 Å². The minimum atomic E-state index is -1.52. The van der Waals surface area contributed by atoms with Crippen LogP contribution in [0.25, 0.3) is 0 Å². The van der Waals surface area contributed by atoms with Crippen LogP contribution in [-0.2, 0) is 5.60 Å². The number of benzene rings is 3. The van der Waals surface area contributed by atoms with Gasteiger partial charge < -0.3 is 5.11 Å². The molecule has 0 fully saturated rings. The quantitative estimate of drug-likeness (QED) is 0.674. The predicted molar refractivity (Wildman–Crippen MR) is 97.0 cm³/mol. The molecule has 0 saturated carbocycles. The van der Waals surface area contributed by atoms with Gasteiger partial charge in [-0.15, -0.1) is 0 Å². The third kappa shape index (κ3) is 3.93. The molecule has 114 valence electrons. The fourth-order valence-electron chi connectivity index (χ4n) is 2.22. The monoisotopic (exact) mass is 308 g/mol. The van der Waals surface area contributed by atoms with Gasteiger partial charge in [0, 0.05) is 16.7 Å². The largest absolute Gasteiger partial charge is 0.363 e. The van der Waals surface area contributed by atoms with E-state index in [1.807, 2.05) is 91.0 Å². The topological polar surface area (TPSA) is 20.2 Å². The van der Waals surface area contributed by atoms with Gasteiger partial charge in [-0.05, 0) is 36.1 Å². The summed E-state index contributed by atoms with van der Waals surface area (Å²) in [6.07, 6.45) is 0. The first-order valence-corrected chi connectivity index (χ1v) is 7.71. The Bertz CT molecular complexity index is 848. The van der Waals surface area contributed by atoms with Gasteiger partial charge in [0.15, 0.2) is 0 Å². The van der Waals surface area contributed by atoms with Crippen molar-refractivity contribution in [1.82, 2.24) is 0 Å². The van der Waals surface area contributed by atoms with Crippen molar-refractivity contribution in [2.24, 2.45) is 0 Å². The zero-order valence-electron chi connectivity index (χ0n) is 13.1. The van der Waals surface area contributed by atoms with Gasteiger partial charge in [0.25, 0.3) is 0 Å². The summed E-state index contributed by atoms with van der Waals surface area (Å²) in [5.41, 5.74) is 0.825. The molecule has 1 heteroatoms. The highest BCUT2D eigenvalue weighted by Gasteiger charge is 2.23. The van der Waals surface area contributed by atoms with E-state index in [0.717, 1.165) is 11.1 Å². The second-order valence-electron chi connectivity index (χ2n) is 5.31. The van der Waals surface area contributed by atoms with Crippen LogP contribution >= 0.6 is 0 Å². The van der Waals surface area contributed by atoms with Gasteiger partial charge in [0.2, 0.25) is 5.60 Å². The molecule has 3 aromatic carbocycles. The van der Waals surface area contributed by atoms with Gasteiger partial charge in [0.1, 0.15) is 0 Å². The molecule has 0 aliphatic carbocycles. The van der Waals surface area contributed by atoms with Crippen LogP contribution in [0.5, 0.6) is 0 Å². The molecule has 0 aromatic heterocycles. The highest BCUT2D eigenvalue weighted by atomic mass is 16.3. The molecule has 0 aliphatic heterocycles. The summed E-state index contributed by atoms with van der Waals surface area (Å²) in [6.45, 7) is 0. The lowest BCUT2D eigenvalue weighted by molar-refractivity contribution is 0.165. The van der Waals surface area contributed by atoms with Crippen LogP contribution in [0, 0.1) is 23.7 Å². The van der Waals surface area contributed by atoms with E-state index in [1.54, 1.807) is 0 Å². The van der Waals surface area contributed by atoms with Crippen LogP contribution in [0.15, 0.2) is 91.0 Å². The maximum Gasteiger partial charge on any atom is 0.214 e. The summed E-state index contributed by atoms with van der Waals surface area (Å²) in [5.74, 6) is 11.9. The highest BCUT2D eigenvalue weighted by molar-refractivity contribution is 5.48. The van der Waals surface area contributed by atoms with E-state index in [9.17, 15) is 5.11 Å². The zero-order valence-corrected chi connectivity index (χ0v) is 13.1. The summed E-state index contributed by atoms with van der Waals surface area (Å²) < 4.78 is 0. The Morgan fingerprint density at radius 3 is 1.33 bits per heavy atom. The van der Waals surface area contributed by atoms with Crippen LogP contribution in [0.1, 0.15) is 16.7 Å². The summed E-state index contributed by atoms with van der Waals surface area (Å²) in [6, 6.07) is 28.5. The van der Waals surface area contributed by atoms with Crippen molar-refractivity contribution in [3.63, 3.8) is 0 Å². The minimum absolute atomic E-state index is 0.664. The third-order valence-corrected chi connectivity index (χ3v) is 3.51. The normalized spacial score (nSPS) is 10.0. The van der Waals surface area contributed by atoms with Crippen LogP contribution in [-0.4, -0.2) is 5.11 Å². The molecular formula is C23H16O. The lowest BCUT2D eigenvalue weighted by atomic mass is 9.94. The molecule has 0 unspecified atom stereocenters. The molecule has 1 nitrogen and oxygen atoms in total. The predicted octanol–water partition coefficient (Wildman–Crippen LogP) is 3.98. The average Bonchev–Trinajstić information content (AvgIpc) is 2.67. The van der Waals surface area contributed by atoms with Gasteiger partial charge in [-0.3, -0.25) is 0 Å². The number of hydrogen-bond acceptors (Lipinski definition) is 1. The molecule has 3 aromatic rings. The second-order valence-corrected chi connectivity index (χ2v) is 5.31. The summed E-state index contributed by atoms with van der Waals surface area (Å²) in [7, 11) is 0. The molecule has 0 aliphatic rings. The Morgan fingerprint density at radius 1 is 0.542 bits per heavy atom. The minimum Gasteiger partial charge on any atom is -0.363 e. The fraction of sp³-hybridized carbons (Fsp3) is 0.0435. The molecule has 0 spiro atoms. The van der Waals surface area contributed by atoms with E-state index in [2.05, 4.69) is 23.7 Å². The molecule has 0 amide bonds. The van der Waals surface area contributed by atoms with Crippen molar-refractivity contribution in [2.75, 3.05) is 0 Å². The van der Waals surface area contributed by atoms with Gasteiger partial charge in [-0.2, -0.15) is 0 Å². The number of aliphatic hydroxyl groups is 1. The summed E-state index contributed by atoms with van der Waals surface area (Å²) >= 11 is 0. The molecule has 0 atom stereocenters. The number of hydrogen-bond donors (Lipinski definition) is 1. The van der Waals surface area contributed by atoms with E-state index in [1.165, 1.54) is 0 Å². The Morgan fingerprint density at radius 2 is 0.917 bits per heavy atom. The maximum atomic E-state index is 11.1. The van der Waals surface area contributed by atoms with Gasteiger partial charge >= 0.3 is 0 Å². The summed E-state index contributed by atoms with van der Waals surface area (Å²) in [5, 5.41) is 11.1. The smallest absolute Gasteiger partial charge is 0.214 e. The first-order chi connectivity index (χ1) is 11.8. The van der Waals surface area contributed by atoms with Gasteiger partial charge in [-0.25, -0.2) is 0 Å². The molecule has 1 N–H and O–H groups in total. The van der Waals surface area contributed by atoms with Crippen molar-refractivity contribution in [2.45, 2.75) is 5.60 Å².